The van der Waals surface area contributed by atoms with Gasteiger partial charge in [0, 0.05) is 31.0 Å². The first-order valence-electron chi connectivity index (χ1n) is 7.30. The van der Waals surface area contributed by atoms with Crippen molar-refractivity contribution in [3.63, 3.8) is 0 Å². The number of hydrogen-bond acceptors (Lipinski definition) is 4. The molecule has 0 atom stereocenters. The molecule has 0 saturated heterocycles. The molecule has 0 bridgehead atoms. The topological polar surface area (TPSA) is 81.8 Å². The minimum atomic E-state index is -0.291. The van der Waals surface area contributed by atoms with Gasteiger partial charge in [-0.15, -0.1) is 0 Å². The van der Waals surface area contributed by atoms with Gasteiger partial charge >= 0.3 is 5.69 Å². The first-order chi connectivity index (χ1) is 10.4. The van der Waals surface area contributed by atoms with Gasteiger partial charge in [-0.3, -0.25) is 14.0 Å². The molecule has 118 valence electrons. The molecule has 0 radical (unpaired) electrons. The second kappa shape index (κ2) is 6.55. The van der Waals surface area contributed by atoms with Crippen molar-refractivity contribution in [2.45, 2.75) is 40.8 Å². The van der Waals surface area contributed by atoms with Crippen LogP contribution in [0.4, 0.5) is 0 Å². The number of carbonyl (C=O) groups is 1. The molecule has 0 fully saturated rings. The van der Waals surface area contributed by atoms with Gasteiger partial charge in [0.15, 0.2) is 0 Å². The number of hydrogen-bond donors (Lipinski definition) is 1. The predicted octanol–water partition coefficient (Wildman–Crippen LogP) is 0.815. The number of aryl methyl sites for hydroxylation is 4. The van der Waals surface area contributed by atoms with E-state index in [2.05, 4.69) is 15.4 Å². The van der Waals surface area contributed by atoms with Crippen LogP contribution in [-0.2, 0) is 13.1 Å². The largest absolute Gasteiger partial charge is 0.349 e. The maximum Gasteiger partial charge on any atom is 0.348 e. The Balaban J connectivity index is 2.02. The standard InChI is InChI=1S/C15H21N5O2/c1-5-20-13(9-11(3)18-20)14(21)16-6-7-19-12(4)8-10(2)17-15(19)22/h8-9H,5-7H2,1-4H3,(H,16,21). The quantitative estimate of drug-likeness (QED) is 0.886. The molecule has 1 amide bonds. The van der Waals surface area contributed by atoms with Crippen LogP contribution in [0, 0.1) is 20.8 Å². The molecule has 0 aromatic carbocycles. The summed E-state index contributed by atoms with van der Waals surface area (Å²) < 4.78 is 3.21. The summed E-state index contributed by atoms with van der Waals surface area (Å²) >= 11 is 0. The molecule has 0 spiro atoms. The predicted molar refractivity (Wildman–Crippen MR) is 82.9 cm³/mol. The molecule has 0 aliphatic rings. The Morgan fingerprint density at radius 2 is 1.95 bits per heavy atom. The first kappa shape index (κ1) is 15.9. The Morgan fingerprint density at radius 3 is 2.59 bits per heavy atom. The number of aromatic nitrogens is 4. The van der Waals surface area contributed by atoms with E-state index in [0.29, 0.717) is 31.0 Å². The van der Waals surface area contributed by atoms with E-state index in [1.165, 1.54) is 0 Å². The molecule has 0 aliphatic carbocycles. The molecule has 2 rings (SSSR count). The van der Waals surface area contributed by atoms with Gasteiger partial charge in [0.25, 0.3) is 5.91 Å². The summed E-state index contributed by atoms with van der Waals surface area (Å²) in [5.41, 5.74) is 2.58. The van der Waals surface area contributed by atoms with Gasteiger partial charge in [-0.05, 0) is 39.8 Å². The molecular weight excluding hydrogens is 282 g/mol. The minimum absolute atomic E-state index is 0.187. The van der Waals surface area contributed by atoms with Gasteiger partial charge in [0.2, 0.25) is 0 Å². The summed E-state index contributed by atoms with van der Waals surface area (Å²) in [6.45, 7) is 8.81. The lowest BCUT2D eigenvalue weighted by atomic mass is 10.3. The lowest BCUT2D eigenvalue weighted by Gasteiger charge is -2.11. The highest BCUT2D eigenvalue weighted by atomic mass is 16.2. The van der Waals surface area contributed by atoms with E-state index in [1.807, 2.05) is 26.8 Å². The van der Waals surface area contributed by atoms with Gasteiger partial charge in [-0.2, -0.15) is 10.1 Å². The summed E-state index contributed by atoms with van der Waals surface area (Å²) in [5.74, 6) is -0.187. The lowest BCUT2D eigenvalue weighted by Crippen LogP contribution is -2.33. The van der Waals surface area contributed by atoms with Gasteiger partial charge in [-0.1, -0.05) is 0 Å². The van der Waals surface area contributed by atoms with Crippen LogP contribution in [-0.4, -0.2) is 31.8 Å². The molecule has 2 aromatic heterocycles. The molecule has 2 heterocycles. The molecule has 0 aliphatic heterocycles. The number of nitrogens with one attached hydrogen (secondary N) is 1. The minimum Gasteiger partial charge on any atom is -0.349 e. The van der Waals surface area contributed by atoms with Crippen molar-refractivity contribution in [1.82, 2.24) is 24.6 Å². The maximum absolute atomic E-state index is 12.2. The van der Waals surface area contributed by atoms with E-state index in [-0.39, 0.29) is 11.6 Å². The van der Waals surface area contributed by atoms with E-state index in [0.717, 1.165) is 11.4 Å². The molecule has 2 aromatic rings. The van der Waals surface area contributed by atoms with Crippen molar-refractivity contribution in [1.29, 1.82) is 0 Å². The van der Waals surface area contributed by atoms with Gasteiger partial charge in [0.1, 0.15) is 5.69 Å². The summed E-state index contributed by atoms with van der Waals surface area (Å²) in [6, 6.07) is 3.60. The van der Waals surface area contributed by atoms with E-state index in [4.69, 9.17) is 0 Å². The van der Waals surface area contributed by atoms with E-state index in [9.17, 15) is 9.59 Å². The molecule has 0 saturated carbocycles. The van der Waals surface area contributed by atoms with Gasteiger partial charge in [-0.25, -0.2) is 4.79 Å². The summed E-state index contributed by atoms with van der Waals surface area (Å²) in [6.07, 6.45) is 0. The third-order valence-electron chi connectivity index (χ3n) is 3.40. The fourth-order valence-electron chi connectivity index (χ4n) is 2.39. The highest BCUT2D eigenvalue weighted by Crippen LogP contribution is 2.03. The summed E-state index contributed by atoms with van der Waals surface area (Å²) in [4.78, 5) is 27.9. The van der Waals surface area contributed by atoms with E-state index < -0.39 is 0 Å². The fourth-order valence-corrected chi connectivity index (χ4v) is 2.39. The lowest BCUT2D eigenvalue weighted by molar-refractivity contribution is 0.0941. The Labute approximate surface area is 129 Å². The third kappa shape index (κ3) is 3.41. The van der Waals surface area contributed by atoms with Crippen molar-refractivity contribution in [3.8, 4) is 0 Å². The van der Waals surface area contributed by atoms with Crippen LogP contribution in [0.5, 0.6) is 0 Å². The van der Waals surface area contributed by atoms with Crippen LogP contribution in [0.3, 0.4) is 0 Å². The Hall–Kier alpha value is -2.44. The van der Waals surface area contributed by atoms with Crippen LogP contribution in [0.25, 0.3) is 0 Å². The zero-order chi connectivity index (χ0) is 16.3. The molecule has 0 unspecified atom stereocenters. The van der Waals surface area contributed by atoms with Crippen LogP contribution < -0.4 is 11.0 Å². The fraction of sp³-hybridized carbons (Fsp3) is 0.467. The van der Waals surface area contributed by atoms with Crippen molar-refractivity contribution in [3.05, 3.63) is 45.4 Å². The zero-order valence-corrected chi connectivity index (χ0v) is 13.4. The normalized spacial score (nSPS) is 10.7. The second-order valence-electron chi connectivity index (χ2n) is 5.22. The average molecular weight is 303 g/mol. The molecule has 7 heteroatoms. The van der Waals surface area contributed by atoms with Crippen molar-refractivity contribution >= 4 is 5.91 Å². The van der Waals surface area contributed by atoms with E-state index >= 15 is 0 Å². The van der Waals surface area contributed by atoms with Crippen LogP contribution in [0.2, 0.25) is 0 Å². The Bertz CT molecular complexity index is 745. The van der Waals surface area contributed by atoms with Crippen LogP contribution >= 0.6 is 0 Å². The second-order valence-corrected chi connectivity index (χ2v) is 5.22. The van der Waals surface area contributed by atoms with Crippen LogP contribution in [0.1, 0.15) is 34.5 Å². The molecule has 22 heavy (non-hydrogen) atoms. The maximum atomic E-state index is 12.2. The molecular formula is C15H21N5O2. The van der Waals surface area contributed by atoms with Gasteiger partial charge in [0.05, 0.1) is 5.69 Å². The number of carbonyl (C=O) groups excluding carboxylic acids is 1. The number of rotatable bonds is 5. The molecule has 7 nitrogen and oxygen atoms in total. The van der Waals surface area contributed by atoms with Gasteiger partial charge < -0.3 is 5.32 Å². The SMILES string of the molecule is CCn1nc(C)cc1C(=O)NCCn1c(C)cc(C)nc1=O. The number of amides is 1. The zero-order valence-electron chi connectivity index (χ0n) is 13.4. The third-order valence-corrected chi connectivity index (χ3v) is 3.40. The Morgan fingerprint density at radius 1 is 1.23 bits per heavy atom. The Kier molecular flexibility index (Phi) is 4.75. The average Bonchev–Trinajstić information content (AvgIpc) is 2.82. The highest BCUT2D eigenvalue weighted by molar-refractivity contribution is 5.92. The highest BCUT2D eigenvalue weighted by Gasteiger charge is 2.12. The van der Waals surface area contributed by atoms with Crippen molar-refractivity contribution in [2.24, 2.45) is 0 Å². The summed E-state index contributed by atoms with van der Waals surface area (Å²) in [5, 5.41) is 7.06. The van der Waals surface area contributed by atoms with E-state index in [1.54, 1.807) is 22.2 Å². The monoisotopic (exact) mass is 303 g/mol. The van der Waals surface area contributed by atoms with Crippen molar-refractivity contribution < 1.29 is 4.79 Å². The summed E-state index contributed by atoms with van der Waals surface area (Å²) in [7, 11) is 0. The van der Waals surface area contributed by atoms with Crippen molar-refractivity contribution in [2.75, 3.05) is 6.54 Å². The smallest absolute Gasteiger partial charge is 0.348 e. The number of nitrogens with zero attached hydrogens (tertiary/aromatic N) is 4. The first-order valence-corrected chi connectivity index (χ1v) is 7.30. The molecule has 1 N–H and O–H groups in total. The van der Waals surface area contributed by atoms with Crippen LogP contribution in [0.15, 0.2) is 16.9 Å².